The zero-order valence-corrected chi connectivity index (χ0v) is 19.0. The van der Waals surface area contributed by atoms with E-state index in [0.717, 1.165) is 36.8 Å². The number of sulfonamides is 1. The Morgan fingerprint density at radius 2 is 1.90 bits per heavy atom. The van der Waals surface area contributed by atoms with Crippen molar-refractivity contribution in [1.82, 2.24) is 10.0 Å². The van der Waals surface area contributed by atoms with Gasteiger partial charge in [0.1, 0.15) is 4.90 Å². The zero-order chi connectivity index (χ0) is 22.0. The molecule has 0 spiro atoms. The molecule has 1 saturated heterocycles. The van der Waals surface area contributed by atoms with Gasteiger partial charge in [0.15, 0.2) is 0 Å². The van der Waals surface area contributed by atoms with Crippen LogP contribution in [0.1, 0.15) is 53.2 Å². The largest absolute Gasteiger partial charge is 0.377 e. The van der Waals surface area contributed by atoms with Gasteiger partial charge in [0.2, 0.25) is 10.0 Å². The molecule has 0 aromatic heterocycles. The summed E-state index contributed by atoms with van der Waals surface area (Å²) >= 11 is 6.18. The normalized spacial score (nSPS) is 19.9. The van der Waals surface area contributed by atoms with Gasteiger partial charge in [-0.25, -0.2) is 13.1 Å². The predicted molar refractivity (Wildman–Crippen MR) is 120 cm³/mol. The van der Waals surface area contributed by atoms with E-state index in [0.29, 0.717) is 12.5 Å². The number of carbonyl (C=O) groups is 1. The fourth-order valence-corrected chi connectivity index (χ4v) is 5.43. The number of aryl methyl sites for hydroxylation is 1. The molecule has 1 aliphatic carbocycles. The van der Waals surface area contributed by atoms with Gasteiger partial charge in [0.25, 0.3) is 5.91 Å². The minimum atomic E-state index is -3.87. The van der Waals surface area contributed by atoms with Gasteiger partial charge in [-0.05, 0) is 62.3 Å². The number of halogens is 1. The van der Waals surface area contributed by atoms with Crippen LogP contribution in [-0.2, 0) is 14.8 Å². The molecule has 1 aliphatic heterocycles. The number of ether oxygens (including phenoxy) is 1. The van der Waals surface area contributed by atoms with Crippen LogP contribution >= 0.6 is 11.6 Å². The number of carbonyl (C=O) groups excluding carboxylic acids is 1. The maximum atomic E-state index is 13.0. The monoisotopic (exact) mass is 462 g/mol. The third-order valence-electron chi connectivity index (χ3n) is 5.82. The van der Waals surface area contributed by atoms with Crippen molar-refractivity contribution in [2.45, 2.75) is 49.6 Å². The first-order chi connectivity index (χ1) is 14.8. The molecule has 4 rings (SSSR count). The Hall–Kier alpha value is -1.93. The highest BCUT2D eigenvalue weighted by Crippen LogP contribution is 2.41. The van der Waals surface area contributed by atoms with E-state index < -0.39 is 10.0 Å². The number of nitrogens with one attached hydrogen (secondary N) is 2. The van der Waals surface area contributed by atoms with Gasteiger partial charge >= 0.3 is 0 Å². The number of rotatable bonds is 8. The van der Waals surface area contributed by atoms with Gasteiger partial charge in [-0.1, -0.05) is 41.4 Å². The zero-order valence-electron chi connectivity index (χ0n) is 17.4. The van der Waals surface area contributed by atoms with Crippen LogP contribution in [0.5, 0.6) is 0 Å². The van der Waals surface area contributed by atoms with Crippen LogP contribution in [0.4, 0.5) is 0 Å². The van der Waals surface area contributed by atoms with E-state index in [1.54, 1.807) is 6.07 Å². The Labute approximate surface area is 188 Å². The number of amides is 1. The van der Waals surface area contributed by atoms with E-state index in [4.69, 9.17) is 16.3 Å². The third-order valence-corrected chi connectivity index (χ3v) is 7.73. The Bertz CT molecular complexity index is 1050. The highest BCUT2D eigenvalue weighted by atomic mass is 35.5. The molecule has 2 aliphatic rings. The molecule has 0 bridgehead atoms. The molecule has 1 heterocycles. The van der Waals surface area contributed by atoms with Crippen LogP contribution < -0.4 is 10.0 Å². The first kappa shape index (κ1) is 22.3. The molecular formula is C23H27ClN2O4S. The summed E-state index contributed by atoms with van der Waals surface area (Å²) in [5, 5.41) is 3.17. The Morgan fingerprint density at radius 3 is 2.55 bits per heavy atom. The topological polar surface area (TPSA) is 84.5 Å². The highest BCUT2D eigenvalue weighted by Gasteiger charge is 2.34. The van der Waals surface area contributed by atoms with E-state index in [1.807, 2.05) is 31.2 Å². The molecule has 2 N–H and O–H groups in total. The summed E-state index contributed by atoms with van der Waals surface area (Å²) in [6, 6.07) is 12.4. The van der Waals surface area contributed by atoms with Crippen molar-refractivity contribution in [3.8, 4) is 0 Å². The first-order valence-electron chi connectivity index (χ1n) is 10.6. The molecule has 2 aromatic rings. The summed E-state index contributed by atoms with van der Waals surface area (Å²) in [5.41, 5.74) is 2.48. The standard InChI is InChI=1S/C23H27ClN2O4S/c1-15-4-6-16(7-5-15)22(17-8-9-17)26-23(27)18-10-11-20(24)21(13-18)31(28,29)25-14-19-3-2-12-30-19/h4-7,10-11,13,17,19,22,25H,2-3,8-9,12,14H2,1H3,(H,26,27). The molecule has 8 heteroatoms. The second-order valence-electron chi connectivity index (χ2n) is 8.33. The molecule has 2 unspecified atom stereocenters. The molecule has 2 fully saturated rings. The predicted octanol–water partition coefficient (Wildman–Crippen LogP) is 3.99. The van der Waals surface area contributed by atoms with E-state index in [9.17, 15) is 13.2 Å². The summed E-state index contributed by atoms with van der Waals surface area (Å²) in [6.45, 7) is 2.86. The first-order valence-corrected chi connectivity index (χ1v) is 12.5. The lowest BCUT2D eigenvalue weighted by molar-refractivity contribution is 0.0931. The molecule has 1 saturated carbocycles. The van der Waals surface area contributed by atoms with Crippen LogP contribution in [0.15, 0.2) is 47.4 Å². The van der Waals surface area contributed by atoms with Gasteiger partial charge in [-0.2, -0.15) is 0 Å². The fourth-order valence-electron chi connectivity index (χ4n) is 3.84. The van der Waals surface area contributed by atoms with Crippen molar-refractivity contribution in [2.24, 2.45) is 5.92 Å². The third kappa shape index (κ3) is 5.47. The van der Waals surface area contributed by atoms with Crippen molar-refractivity contribution >= 4 is 27.5 Å². The molecule has 31 heavy (non-hydrogen) atoms. The summed E-state index contributed by atoms with van der Waals surface area (Å²) in [4.78, 5) is 12.9. The summed E-state index contributed by atoms with van der Waals surface area (Å²) in [7, 11) is -3.87. The lowest BCUT2D eigenvalue weighted by Gasteiger charge is -2.19. The maximum Gasteiger partial charge on any atom is 0.251 e. The van der Waals surface area contributed by atoms with Crippen molar-refractivity contribution in [3.05, 3.63) is 64.2 Å². The summed E-state index contributed by atoms with van der Waals surface area (Å²) in [6.07, 6.45) is 3.74. The van der Waals surface area contributed by atoms with E-state index in [2.05, 4.69) is 10.0 Å². The summed E-state index contributed by atoms with van der Waals surface area (Å²) < 4.78 is 33.6. The van der Waals surface area contributed by atoms with Gasteiger partial charge < -0.3 is 10.1 Å². The van der Waals surface area contributed by atoms with Crippen molar-refractivity contribution in [2.75, 3.05) is 13.2 Å². The number of hydrogen-bond acceptors (Lipinski definition) is 4. The van der Waals surface area contributed by atoms with Crippen molar-refractivity contribution in [1.29, 1.82) is 0 Å². The minimum absolute atomic E-state index is 0.0775. The lowest BCUT2D eigenvalue weighted by Crippen LogP contribution is -2.32. The summed E-state index contributed by atoms with van der Waals surface area (Å²) in [5.74, 6) is 0.0833. The average Bonchev–Trinajstić information content (AvgIpc) is 3.45. The lowest BCUT2D eigenvalue weighted by atomic mass is 10.0. The Morgan fingerprint density at radius 1 is 1.16 bits per heavy atom. The highest BCUT2D eigenvalue weighted by molar-refractivity contribution is 7.89. The van der Waals surface area contributed by atoms with Crippen LogP contribution in [0.25, 0.3) is 0 Å². The molecule has 2 atom stereocenters. The van der Waals surface area contributed by atoms with Gasteiger partial charge in [0, 0.05) is 18.7 Å². The fraction of sp³-hybridized carbons (Fsp3) is 0.435. The smallest absolute Gasteiger partial charge is 0.251 e. The van der Waals surface area contributed by atoms with E-state index in [-0.39, 0.29) is 40.1 Å². The number of benzene rings is 2. The Balaban J connectivity index is 1.51. The second-order valence-corrected chi connectivity index (χ2v) is 10.5. The quantitative estimate of drug-likeness (QED) is 0.621. The molecule has 166 valence electrons. The van der Waals surface area contributed by atoms with Gasteiger partial charge in [-0.15, -0.1) is 0 Å². The molecule has 1 amide bonds. The Kier molecular flexibility index (Phi) is 6.67. The van der Waals surface area contributed by atoms with Crippen molar-refractivity contribution < 1.29 is 17.9 Å². The van der Waals surface area contributed by atoms with Crippen molar-refractivity contribution in [3.63, 3.8) is 0 Å². The molecule has 2 aromatic carbocycles. The minimum Gasteiger partial charge on any atom is -0.377 e. The van der Waals surface area contributed by atoms with Crippen LogP contribution in [0, 0.1) is 12.8 Å². The SMILES string of the molecule is Cc1ccc(C(NC(=O)c2ccc(Cl)c(S(=O)(=O)NCC3CCCO3)c2)C2CC2)cc1. The maximum absolute atomic E-state index is 13.0. The van der Waals surface area contributed by atoms with Crippen LogP contribution in [-0.4, -0.2) is 33.6 Å². The van der Waals surface area contributed by atoms with Crippen LogP contribution in [0.3, 0.4) is 0 Å². The molecular weight excluding hydrogens is 436 g/mol. The van der Waals surface area contributed by atoms with Gasteiger partial charge in [0.05, 0.1) is 17.2 Å². The average molecular weight is 463 g/mol. The second kappa shape index (κ2) is 9.28. The van der Waals surface area contributed by atoms with E-state index >= 15 is 0 Å². The van der Waals surface area contributed by atoms with Gasteiger partial charge in [-0.3, -0.25) is 4.79 Å². The van der Waals surface area contributed by atoms with Crippen LogP contribution in [0.2, 0.25) is 5.02 Å². The molecule has 6 nitrogen and oxygen atoms in total. The molecule has 0 radical (unpaired) electrons. The van der Waals surface area contributed by atoms with E-state index in [1.165, 1.54) is 12.1 Å². The number of hydrogen-bond donors (Lipinski definition) is 2.